The number of carbonyl (C=O) groups excluding carboxylic acids is 2. The molecule has 0 aromatic heterocycles. The van der Waals surface area contributed by atoms with Crippen LogP contribution in [0.3, 0.4) is 0 Å². The van der Waals surface area contributed by atoms with Crippen molar-refractivity contribution in [1.82, 2.24) is 10.2 Å². The van der Waals surface area contributed by atoms with Crippen LogP contribution in [0.4, 0.5) is 0 Å². The number of carbonyl (C=O) groups is 2. The first-order valence-electron chi connectivity index (χ1n) is 9.53. The van der Waals surface area contributed by atoms with E-state index >= 15 is 0 Å². The van der Waals surface area contributed by atoms with Gasteiger partial charge in [-0.15, -0.1) is 12.4 Å². The number of rotatable bonds is 7. The third kappa shape index (κ3) is 5.49. The van der Waals surface area contributed by atoms with Crippen LogP contribution in [0, 0.1) is 0 Å². The summed E-state index contributed by atoms with van der Waals surface area (Å²) < 4.78 is 11.1. The van der Waals surface area contributed by atoms with Crippen LogP contribution in [-0.4, -0.2) is 49.9 Å². The smallest absolute Gasteiger partial charge is 0.261 e. The van der Waals surface area contributed by atoms with Crippen LogP contribution in [0.25, 0.3) is 0 Å². The van der Waals surface area contributed by atoms with E-state index in [0.29, 0.717) is 30.8 Å². The molecule has 1 aliphatic rings. The number of Topliss-reactive ketones (excluding diaryl/α,β-unsaturated/α-hetero) is 1. The molecule has 1 amide bonds. The van der Waals surface area contributed by atoms with E-state index in [1.54, 1.807) is 31.4 Å². The molecule has 1 atom stereocenters. The van der Waals surface area contributed by atoms with E-state index in [-0.39, 0.29) is 36.7 Å². The number of halogens is 1. The molecule has 2 aromatic carbocycles. The van der Waals surface area contributed by atoms with Crippen molar-refractivity contribution < 1.29 is 19.1 Å². The monoisotopic (exact) mass is 418 g/mol. The summed E-state index contributed by atoms with van der Waals surface area (Å²) in [4.78, 5) is 26.4. The zero-order valence-electron chi connectivity index (χ0n) is 16.7. The minimum absolute atomic E-state index is 0. The Balaban J connectivity index is 0.00000300. The Morgan fingerprint density at radius 2 is 1.86 bits per heavy atom. The molecular formula is C22H27ClN2O4. The number of ether oxygens (including phenoxy) is 2. The maximum absolute atomic E-state index is 12.9. The molecule has 0 bridgehead atoms. The molecule has 1 fully saturated rings. The lowest BCUT2D eigenvalue weighted by molar-refractivity contribution is -0.136. The van der Waals surface area contributed by atoms with Gasteiger partial charge in [-0.05, 0) is 30.3 Å². The van der Waals surface area contributed by atoms with Crippen LogP contribution >= 0.6 is 12.4 Å². The summed E-state index contributed by atoms with van der Waals surface area (Å²) in [7, 11) is 1.64. The SMILES string of the molecule is CCC(=O)c1ccc(OCC(=O)N2CCNCC2c2ccccc2OC)cc1.Cl. The molecule has 0 saturated carbocycles. The number of hydrogen-bond acceptors (Lipinski definition) is 5. The van der Waals surface area contributed by atoms with Crippen molar-refractivity contribution in [2.75, 3.05) is 33.4 Å². The van der Waals surface area contributed by atoms with Crippen LogP contribution in [-0.2, 0) is 4.79 Å². The molecule has 6 nitrogen and oxygen atoms in total. The number of methoxy groups -OCH3 is 1. The molecule has 29 heavy (non-hydrogen) atoms. The summed E-state index contributed by atoms with van der Waals surface area (Å²) in [6.45, 7) is 3.80. The molecule has 0 spiro atoms. The normalized spacial score (nSPS) is 15.9. The summed E-state index contributed by atoms with van der Waals surface area (Å²) in [6, 6.07) is 14.6. The molecule has 2 aromatic rings. The van der Waals surface area contributed by atoms with Crippen molar-refractivity contribution >= 4 is 24.1 Å². The van der Waals surface area contributed by atoms with Crippen LogP contribution in [0.5, 0.6) is 11.5 Å². The van der Waals surface area contributed by atoms with E-state index < -0.39 is 0 Å². The lowest BCUT2D eigenvalue weighted by atomic mass is 10.0. The number of nitrogens with zero attached hydrogens (tertiary/aromatic N) is 1. The minimum atomic E-state index is -0.106. The second-order valence-electron chi connectivity index (χ2n) is 6.64. The van der Waals surface area contributed by atoms with Crippen molar-refractivity contribution in [2.24, 2.45) is 0 Å². The van der Waals surface area contributed by atoms with Gasteiger partial charge in [0.1, 0.15) is 11.5 Å². The number of ketones is 1. The lowest BCUT2D eigenvalue weighted by Gasteiger charge is -2.37. The highest BCUT2D eigenvalue weighted by molar-refractivity contribution is 5.95. The number of piperazine rings is 1. The van der Waals surface area contributed by atoms with Crippen molar-refractivity contribution in [3.63, 3.8) is 0 Å². The summed E-state index contributed by atoms with van der Waals surface area (Å²) in [6.07, 6.45) is 0.464. The van der Waals surface area contributed by atoms with Gasteiger partial charge in [0, 0.05) is 37.2 Å². The average Bonchev–Trinajstić information content (AvgIpc) is 2.77. The second-order valence-corrected chi connectivity index (χ2v) is 6.64. The van der Waals surface area contributed by atoms with Gasteiger partial charge < -0.3 is 19.7 Å². The molecule has 1 aliphatic heterocycles. The van der Waals surface area contributed by atoms with E-state index in [1.807, 2.05) is 36.1 Å². The van der Waals surface area contributed by atoms with E-state index in [2.05, 4.69) is 5.32 Å². The molecule has 7 heteroatoms. The second kappa shape index (κ2) is 10.8. The van der Waals surface area contributed by atoms with Gasteiger partial charge in [-0.2, -0.15) is 0 Å². The Hall–Kier alpha value is -2.57. The molecule has 3 rings (SSSR count). The predicted molar refractivity (Wildman–Crippen MR) is 114 cm³/mol. The summed E-state index contributed by atoms with van der Waals surface area (Å²) in [5, 5.41) is 3.34. The Kier molecular flexibility index (Phi) is 8.49. The van der Waals surface area contributed by atoms with Gasteiger partial charge in [0.2, 0.25) is 0 Å². The third-order valence-electron chi connectivity index (χ3n) is 4.92. The quantitative estimate of drug-likeness (QED) is 0.699. The number of para-hydroxylation sites is 1. The lowest BCUT2D eigenvalue weighted by Crippen LogP contribution is -2.50. The topological polar surface area (TPSA) is 67.9 Å². The molecular weight excluding hydrogens is 392 g/mol. The van der Waals surface area contributed by atoms with Gasteiger partial charge in [0.05, 0.1) is 13.2 Å². The average molecular weight is 419 g/mol. The number of nitrogens with one attached hydrogen (secondary N) is 1. The van der Waals surface area contributed by atoms with Crippen molar-refractivity contribution in [3.8, 4) is 11.5 Å². The van der Waals surface area contributed by atoms with Crippen LogP contribution < -0.4 is 14.8 Å². The van der Waals surface area contributed by atoms with Gasteiger partial charge in [0.15, 0.2) is 12.4 Å². The van der Waals surface area contributed by atoms with E-state index in [4.69, 9.17) is 9.47 Å². The van der Waals surface area contributed by atoms with E-state index in [1.165, 1.54) is 0 Å². The molecule has 1 saturated heterocycles. The number of benzene rings is 2. The Bertz CT molecular complexity index is 826. The first kappa shape index (κ1) is 22.7. The predicted octanol–water partition coefficient (Wildman–Crippen LogP) is 3.26. The maximum atomic E-state index is 12.9. The fourth-order valence-electron chi connectivity index (χ4n) is 3.39. The van der Waals surface area contributed by atoms with E-state index in [9.17, 15) is 9.59 Å². The first-order chi connectivity index (χ1) is 13.6. The van der Waals surface area contributed by atoms with Crippen molar-refractivity contribution in [1.29, 1.82) is 0 Å². The van der Waals surface area contributed by atoms with Crippen LogP contribution in [0.15, 0.2) is 48.5 Å². The Morgan fingerprint density at radius 3 is 2.55 bits per heavy atom. The minimum Gasteiger partial charge on any atom is -0.496 e. The van der Waals surface area contributed by atoms with Crippen molar-refractivity contribution in [2.45, 2.75) is 19.4 Å². The van der Waals surface area contributed by atoms with Crippen molar-refractivity contribution in [3.05, 3.63) is 59.7 Å². The largest absolute Gasteiger partial charge is 0.496 e. The fourth-order valence-corrected chi connectivity index (χ4v) is 3.39. The highest BCUT2D eigenvalue weighted by Gasteiger charge is 2.29. The van der Waals surface area contributed by atoms with Crippen LogP contribution in [0.1, 0.15) is 35.3 Å². The molecule has 0 radical (unpaired) electrons. The first-order valence-corrected chi connectivity index (χ1v) is 9.53. The Labute approximate surface area is 177 Å². The number of amides is 1. The van der Waals surface area contributed by atoms with Gasteiger partial charge in [-0.3, -0.25) is 9.59 Å². The maximum Gasteiger partial charge on any atom is 0.261 e. The fraction of sp³-hybridized carbons (Fsp3) is 0.364. The van der Waals surface area contributed by atoms with Crippen LogP contribution in [0.2, 0.25) is 0 Å². The molecule has 1 unspecified atom stereocenters. The molecule has 1 heterocycles. The molecule has 156 valence electrons. The summed E-state index contributed by atoms with van der Waals surface area (Å²) >= 11 is 0. The third-order valence-corrected chi connectivity index (χ3v) is 4.92. The van der Waals surface area contributed by atoms with Gasteiger partial charge in [-0.1, -0.05) is 25.1 Å². The van der Waals surface area contributed by atoms with E-state index in [0.717, 1.165) is 17.9 Å². The standard InChI is InChI=1S/C22H26N2O4.ClH/c1-3-20(25)16-8-10-17(11-9-16)28-15-22(26)24-13-12-23-14-19(24)18-6-4-5-7-21(18)27-2;/h4-11,19,23H,3,12-15H2,1-2H3;1H. The zero-order valence-corrected chi connectivity index (χ0v) is 17.5. The molecule has 0 aliphatic carbocycles. The number of hydrogen-bond donors (Lipinski definition) is 1. The highest BCUT2D eigenvalue weighted by atomic mass is 35.5. The summed E-state index contributed by atoms with van der Waals surface area (Å²) in [5.41, 5.74) is 1.63. The highest BCUT2D eigenvalue weighted by Crippen LogP contribution is 2.30. The van der Waals surface area contributed by atoms with Gasteiger partial charge in [-0.25, -0.2) is 0 Å². The van der Waals surface area contributed by atoms with Gasteiger partial charge >= 0.3 is 0 Å². The molecule has 1 N–H and O–H groups in total. The Morgan fingerprint density at radius 1 is 1.14 bits per heavy atom. The summed E-state index contributed by atoms with van der Waals surface area (Å²) in [5.74, 6) is 1.35. The van der Waals surface area contributed by atoms with Gasteiger partial charge in [0.25, 0.3) is 5.91 Å². The zero-order chi connectivity index (χ0) is 19.9.